The minimum absolute atomic E-state index is 0.0903. The summed E-state index contributed by atoms with van der Waals surface area (Å²) in [5, 5.41) is -0.206. The molecule has 1 nitrogen and oxygen atoms in total. The lowest BCUT2D eigenvalue weighted by atomic mass is 10.1. The van der Waals surface area contributed by atoms with E-state index in [0.29, 0.717) is 5.03 Å². The maximum atomic E-state index is 10.8. The van der Waals surface area contributed by atoms with Crippen molar-refractivity contribution in [3.63, 3.8) is 0 Å². The van der Waals surface area contributed by atoms with Crippen LogP contribution in [-0.2, 0) is 4.79 Å². The first-order valence-corrected chi connectivity index (χ1v) is 3.73. The number of Topliss-reactive ketones (excluding diaryl/α,β-unsaturated/α-hetero) is 1. The van der Waals surface area contributed by atoms with Gasteiger partial charge in [-0.05, 0) is 12.2 Å². The Labute approximate surface area is 73.3 Å². The zero-order valence-electron chi connectivity index (χ0n) is 4.77. The molecule has 1 rings (SSSR count). The zero-order chi connectivity index (χ0) is 7.72. The van der Waals surface area contributed by atoms with Crippen molar-refractivity contribution in [3.8, 4) is 0 Å². The van der Waals surface area contributed by atoms with E-state index in [-0.39, 0.29) is 10.8 Å². The third kappa shape index (κ3) is 1.54. The van der Waals surface area contributed by atoms with Crippen LogP contribution in [0.25, 0.3) is 0 Å². The van der Waals surface area contributed by atoms with Crippen molar-refractivity contribution < 1.29 is 4.79 Å². The van der Waals surface area contributed by atoms with Gasteiger partial charge in [0.2, 0.25) is 0 Å². The minimum atomic E-state index is -0.704. The summed E-state index contributed by atoms with van der Waals surface area (Å²) in [5.74, 6) is -0.298. The second kappa shape index (κ2) is 2.95. The van der Waals surface area contributed by atoms with Crippen molar-refractivity contribution in [2.75, 3.05) is 0 Å². The first kappa shape index (κ1) is 8.12. The second-order valence-electron chi connectivity index (χ2n) is 1.81. The lowest BCUT2D eigenvalue weighted by molar-refractivity contribution is -0.114. The molecule has 0 amide bonds. The summed E-state index contributed by atoms with van der Waals surface area (Å²) in [6.45, 7) is 0. The van der Waals surface area contributed by atoms with Gasteiger partial charge in [0.05, 0.1) is 5.03 Å². The van der Waals surface area contributed by atoms with Gasteiger partial charge in [0.1, 0.15) is 5.38 Å². The van der Waals surface area contributed by atoms with Gasteiger partial charge < -0.3 is 0 Å². The van der Waals surface area contributed by atoms with Crippen molar-refractivity contribution in [2.45, 2.75) is 5.38 Å². The number of carbonyl (C=O) groups is 1. The summed E-state index contributed by atoms with van der Waals surface area (Å²) in [6.07, 6.45) is 2.82. The standard InChI is InChI=1S/C6H3Cl3O/c7-3-1-4(8)6(10)5(9)2-3/h1-2,4H. The Morgan fingerprint density at radius 2 is 2.00 bits per heavy atom. The van der Waals surface area contributed by atoms with Gasteiger partial charge in [0, 0.05) is 5.03 Å². The van der Waals surface area contributed by atoms with Crippen LogP contribution in [0.3, 0.4) is 0 Å². The van der Waals surface area contributed by atoms with E-state index >= 15 is 0 Å². The number of halogens is 3. The Hall–Kier alpha value is 0.0200. The molecule has 54 valence electrons. The van der Waals surface area contributed by atoms with Crippen LogP contribution in [0.2, 0.25) is 0 Å². The monoisotopic (exact) mass is 196 g/mol. The van der Waals surface area contributed by atoms with Gasteiger partial charge in [0.15, 0.2) is 5.78 Å². The topological polar surface area (TPSA) is 17.1 Å². The van der Waals surface area contributed by atoms with E-state index in [1.165, 1.54) is 12.2 Å². The van der Waals surface area contributed by atoms with E-state index in [1.807, 2.05) is 0 Å². The second-order valence-corrected chi connectivity index (χ2v) is 3.12. The normalized spacial score (nSPS) is 25.9. The molecule has 0 aliphatic heterocycles. The van der Waals surface area contributed by atoms with E-state index in [4.69, 9.17) is 34.8 Å². The van der Waals surface area contributed by atoms with Gasteiger partial charge in [-0.1, -0.05) is 23.2 Å². The molecule has 0 aromatic carbocycles. The summed E-state index contributed by atoms with van der Waals surface area (Å²) in [7, 11) is 0. The van der Waals surface area contributed by atoms with Gasteiger partial charge in [-0.3, -0.25) is 4.79 Å². The van der Waals surface area contributed by atoms with Crippen LogP contribution in [0.4, 0.5) is 0 Å². The van der Waals surface area contributed by atoms with Crippen LogP contribution < -0.4 is 0 Å². The molecule has 0 bridgehead atoms. The van der Waals surface area contributed by atoms with E-state index < -0.39 is 5.38 Å². The molecule has 1 aliphatic rings. The number of allylic oxidation sites excluding steroid dienone is 4. The highest BCUT2D eigenvalue weighted by Gasteiger charge is 2.20. The van der Waals surface area contributed by atoms with Gasteiger partial charge in [-0.15, -0.1) is 11.6 Å². The fourth-order valence-electron chi connectivity index (χ4n) is 0.588. The first-order valence-electron chi connectivity index (χ1n) is 2.54. The predicted molar refractivity (Wildman–Crippen MR) is 42.5 cm³/mol. The highest BCUT2D eigenvalue weighted by Crippen LogP contribution is 2.22. The molecule has 1 aliphatic carbocycles. The fraction of sp³-hybridized carbons (Fsp3) is 0.167. The lowest BCUT2D eigenvalue weighted by Gasteiger charge is -2.07. The smallest absolute Gasteiger partial charge is 0.195 e. The van der Waals surface area contributed by atoms with Crippen molar-refractivity contribution >= 4 is 40.6 Å². The molecule has 0 spiro atoms. The Morgan fingerprint density at radius 1 is 1.40 bits per heavy atom. The zero-order valence-corrected chi connectivity index (χ0v) is 7.04. The molecule has 0 N–H and O–H groups in total. The number of hydrogen-bond donors (Lipinski definition) is 0. The number of hydrogen-bond acceptors (Lipinski definition) is 1. The molecule has 1 unspecified atom stereocenters. The van der Waals surface area contributed by atoms with Crippen molar-refractivity contribution in [2.24, 2.45) is 0 Å². The number of alkyl halides is 1. The van der Waals surface area contributed by atoms with Crippen LogP contribution in [0.5, 0.6) is 0 Å². The molecule has 4 heteroatoms. The Balaban J connectivity index is 2.95. The molecule has 0 aromatic heterocycles. The molecular formula is C6H3Cl3O. The molecule has 0 saturated heterocycles. The van der Waals surface area contributed by atoms with Crippen LogP contribution in [-0.4, -0.2) is 11.2 Å². The van der Waals surface area contributed by atoms with Gasteiger partial charge in [-0.2, -0.15) is 0 Å². The van der Waals surface area contributed by atoms with Gasteiger partial charge in [0.25, 0.3) is 0 Å². The van der Waals surface area contributed by atoms with E-state index in [0.717, 1.165) is 0 Å². The summed E-state index contributed by atoms with van der Waals surface area (Å²) >= 11 is 16.5. The third-order valence-corrected chi connectivity index (χ3v) is 1.91. The highest BCUT2D eigenvalue weighted by atomic mass is 35.5. The molecule has 0 radical (unpaired) electrons. The van der Waals surface area contributed by atoms with E-state index in [1.54, 1.807) is 0 Å². The Kier molecular flexibility index (Phi) is 2.40. The van der Waals surface area contributed by atoms with Crippen LogP contribution >= 0.6 is 34.8 Å². The molecule has 0 fully saturated rings. The fourth-order valence-corrected chi connectivity index (χ4v) is 1.49. The van der Waals surface area contributed by atoms with Gasteiger partial charge in [-0.25, -0.2) is 0 Å². The Morgan fingerprint density at radius 3 is 2.50 bits per heavy atom. The summed E-state index contributed by atoms with van der Waals surface area (Å²) in [5.41, 5.74) is 0. The van der Waals surface area contributed by atoms with Crippen molar-refractivity contribution in [1.29, 1.82) is 0 Å². The minimum Gasteiger partial charge on any atom is -0.291 e. The van der Waals surface area contributed by atoms with Crippen LogP contribution in [0.15, 0.2) is 22.2 Å². The largest absolute Gasteiger partial charge is 0.291 e. The van der Waals surface area contributed by atoms with Crippen molar-refractivity contribution in [3.05, 3.63) is 22.2 Å². The highest BCUT2D eigenvalue weighted by molar-refractivity contribution is 6.51. The average molecular weight is 197 g/mol. The van der Waals surface area contributed by atoms with Crippen LogP contribution in [0, 0.1) is 0 Å². The average Bonchev–Trinajstić information content (AvgIpc) is 1.82. The predicted octanol–water partition coefficient (Wildman–Crippen LogP) is 2.42. The SMILES string of the molecule is O=C1C(Cl)=CC(Cl)=CC1Cl. The molecule has 1 atom stereocenters. The number of rotatable bonds is 0. The molecule has 0 saturated carbocycles. The maximum absolute atomic E-state index is 10.8. The molecular weight excluding hydrogens is 194 g/mol. The number of ketones is 1. The van der Waals surface area contributed by atoms with Crippen molar-refractivity contribution in [1.82, 2.24) is 0 Å². The molecule has 10 heavy (non-hydrogen) atoms. The third-order valence-electron chi connectivity index (χ3n) is 1.06. The quantitative estimate of drug-likeness (QED) is 0.545. The van der Waals surface area contributed by atoms with Gasteiger partial charge >= 0.3 is 0 Å². The first-order chi connectivity index (χ1) is 4.61. The summed E-state index contributed by atoms with van der Waals surface area (Å²) < 4.78 is 0. The molecule has 0 heterocycles. The summed E-state index contributed by atoms with van der Waals surface area (Å²) in [4.78, 5) is 10.8. The van der Waals surface area contributed by atoms with Crippen LogP contribution in [0.1, 0.15) is 0 Å². The maximum Gasteiger partial charge on any atom is 0.195 e. The van der Waals surface area contributed by atoms with E-state index in [2.05, 4.69) is 0 Å². The summed E-state index contributed by atoms with van der Waals surface area (Å²) in [6, 6.07) is 0. The van der Waals surface area contributed by atoms with E-state index in [9.17, 15) is 4.79 Å². The Bertz CT molecular complexity index is 229. The molecule has 0 aromatic rings. The number of carbonyl (C=O) groups excluding carboxylic acids is 1. The lowest BCUT2D eigenvalue weighted by Crippen LogP contribution is -2.14.